The zero-order valence-electron chi connectivity index (χ0n) is 17.0. The minimum Gasteiger partial charge on any atom is -0.353 e. The van der Waals surface area contributed by atoms with Crippen molar-refractivity contribution in [3.05, 3.63) is 53.2 Å². The summed E-state index contributed by atoms with van der Waals surface area (Å²) >= 11 is 5.91. The number of rotatable bonds is 4. The summed E-state index contributed by atoms with van der Waals surface area (Å²) in [6, 6.07) is 11.0. The molecule has 6 nitrogen and oxygen atoms in total. The third-order valence-electron chi connectivity index (χ3n) is 5.96. The number of anilines is 2. The number of carbonyl (C=O) groups is 2. The topological polar surface area (TPSA) is 65.5 Å². The molecule has 1 aliphatic carbocycles. The van der Waals surface area contributed by atoms with Crippen LogP contribution in [0.2, 0.25) is 5.02 Å². The van der Waals surface area contributed by atoms with E-state index in [0.29, 0.717) is 29.4 Å². The number of amides is 2. The molecular formula is C23H27ClN4O2. The average molecular weight is 427 g/mol. The number of nitrogens with zero attached hydrogens (tertiary/aromatic N) is 3. The average Bonchev–Trinajstić information content (AvgIpc) is 2.80. The number of piperazine rings is 1. The smallest absolute Gasteiger partial charge is 0.254 e. The van der Waals surface area contributed by atoms with Crippen molar-refractivity contribution in [2.24, 2.45) is 5.92 Å². The highest BCUT2D eigenvalue weighted by molar-refractivity contribution is 6.30. The Bertz CT molecular complexity index is 888. The van der Waals surface area contributed by atoms with Gasteiger partial charge in [0.2, 0.25) is 5.91 Å². The van der Waals surface area contributed by atoms with E-state index in [0.717, 1.165) is 44.6 Å². The van der Waals surface area contributed by atoms with E-state index in [-0.39, 0.29) is 17.7 Å². The fraction of sp³-hybridized carbons (Fsp3) is 0.435. The van der Waals surface area contributed by atoms with Crippen molar-refractivity contribution in [2.45, 2.75) is 32.1 Å². The van der Waals surface area contributed by atoms with Gasteiger partial charge < -0.3 is 15.1 Å². The van der Waals surface area contributed by atoms with Crippen LogP contribution < -0.4 is 10.2 Å². The molecule has 1 aromatic heterocycles. The Hall–Kier alpha value is -2.60. The van der Waals surface area contributed by atoms with E-state index < -0.39 is 0 Å². The molecule has 2 amide bonds. The number of pyridine rings is 1. The molecule has 0 radical (unpaired) electrons. The minimum absolute atomic E-state index is 0.00696. The quantitative estimate of drug-likeness (QED) is 0.795. The first kappa shape index (κ1) is 20.7. The van der Waals surface area contributed by atoms with Crippen LogP contribution in [-0.4, -0.2) is 47.9 Å². The second-order valence-corrected chi connectivity index (χ2v) is 8.46. The van der Waals surface area contributed by atoms with Crippen LogP contribution in [0.25, 0.3) is 0 Å². The van der Waals surface area contributed by atoms with Crippen LogP contribution in [0.1, 0.15) is 42.5 Å². The molecule has 7 heteroatoms. The van der Waals surface area contributed by atoms with E-state index >= 15 is 0 Å². The van der Waals surface area contributed by atoms with E-state index in [1.54, 1.807) is 12.3 Å². The van der Waals surface area contributed by atoms with Gasteiger partial charge in [-0.15, -0.1) is 0 Å². The molecule has 0 unspecified atom stereocenters. The molecular weight excluding hydrogens is 400 g/mol. The molecule has 1 N–H and O–H groups in total. The molecule has 158 valence electrons. The van der Waals surface area contributed by atoms with Crippen LogP contribution in [0.15, 0.2) is 42.6 Å². The lowest BCUT2D eigenvalue weighted by Gasteiger charge is -2.35. The monoisotopic (exact) mass is 426 g/mol. The molecule has 2 fully saturated rings. The summed E-state index contributed by atoms with van der Waals surface area (Å²) < 4.78 is 0. The van der Waals surface area contributed by atoms with Gasteiger partial charge in [0, 0.05) is 49.5 Å². The predicted octanol–water partition coefficient (Wildman–Crippen LogP) is 4.22. The summed E-state index contributed by atoms with van der Waals surface area (Å²) in [5.41, 5.74) is 1.30. The summed E-state index contributed by atoms with van der Waals surface area (Å²) in [4.78, 5) is 33.9. The third kappa shape index (κ3) is 4.93. The Balaban J connectivity index is 1.35. The third-order valence-corrected chi connectivity index (χ3v) is 6.18. The van der Waals surface area contributed by atoms with Crippen LogP contribution in [0.3, 0.4) is 0 Å². The van der Waals surface area contributed by atoms with Crippen LogP contribution in [0.5, 0.6) is 0 Å². The van der Waals surface area contributed by atoms with Crippen molar-refractivity contribution in [3.63, 3.8) is 0 Å². The molecule has 2 heterocycles. The molecule has 2 aromatic rings. The van der Waals surface area contributed by atoms with Gasteiger partial charge in [0.05, 0.1) is 5.02 Å². The number of benzene rings is 1. The van der Waals surface area contributed by atoms with Crippen molar-refractivity contribution in [3.8, 4) is 0 Å². The standard InChI is InChI=1S/C23H27ClN4O2/c24-19-9-10-21(25-16-19)27-11-13-28(14-12-27)23(30)18-7-4-8-20(15-18)26-22(29)17-5-2-1-3-6-17/h4,7-10,15-17H,1-3,5-6,11-14H2,(H,26,29). The maximum atomic E-state index is 13.0. The summed E-state index contributed by atoms with van der Waals surface area (Å²) in [6.07, 6.45) is 7.01. The fourth-order valence-corrected chi connectivity index (χ4v) is 4.33. The van der Waals surface area contributed by atoms with E-state index in [2.05, 4.69) is 15.2 Å². The number of nitrogens with one attached hydrogen (secondary N) is 1. The molecule has 1 saturated heterocycles. The van der Waals surface area contributed by atoms with E-state index in [9.17, 15) is 9.59 Å². The van der Waals surface area contributed by atoms with Gasteiger partial charge in [0.1, 0.15) is 5.82 Å². The van der Waals surface area contributed by atoms with E-state index in [1.165, 1.54) is 6.42 Å². The van der Waals surface area contributed by atoms with Gasteiger partial charge in [-0.05, 0) is 43.2 Å². The highest BCUT2D eigenvalue weighted by Gasteiger charge is 2.24. The molecule has 4 rings (SSSR count). The van der Waals surface area contributed by atoms with Crippen LogP contribution in [0.4, 0.5) is 11.5 Å². The highest BCUT2D eigenvalue weighted by Crippen LogP contribution is 2.25. The van der Waals surface area contributed by atoms with E-state index in [1.807, 2.05) is 35.2 Å². The Morgan fingerprint density at radius 2 is 1.77 bits per heavy atom. The fourth-order valence-electron chi connectivity index (χ4n) is 4.22. The first-order chi connectivity index (χ1) is 14.6. The van der Waals surface area contributed by atoms with Crippen LogP contribution in [0, 0.1) is 5.92 Å². The maximum Gasteiger partial charge on any atom is 0.254 e. The summed E-state index contributed by atoms with van der Waals surface area (Å²) in [6.45, 7) is 2.69. The first-order valence-electron chi connectivity index (χ1n) is 10.7. The number of halogens is 1. The molecule has 0 bridgehead atoms. The van der Waals surface area contributed by atoms with Crippen molar-refractivity contribution in [1.29, 1.82) is 0 Å². The highest BCUT2D eigenvalue weighted by atomic mass is 35.5. The molecule has 0 spiro atoms. The van der Waals surface area contributed by atoms with Crippen molar-refractivity contribution >= 4 is 34.9 Å². The lowest BCUT2D eigenvalue weighted by atomic mass is 9.88. The number of aromatic nitrogens is 1. The molecule has 0 atom stereocenters. The van der Waals surface area contributed by atoms with E-state index in [4.69, 9.17) is 11.6 Å². The summed E-state index contributed by atoms with van der Waals surface area (Å²) in [7, 11) is 0. The molecule has 1 aromatic carbocycles. The van der Waals surface area contributed by atoms with Crippen molar-refractivity contribution < 1.29 is 9.59 Å². The second-order valence-electron chi connectivity index (χ2n) is 8.02. The normalized spacial score (nSPS) is 17.6. The largest absolute Gasteiger partial charge is 0.353 e. The Morgan fingerprint density at radius 1 is 1.00 bits per heavy atom. The Labute approximate surface area is 182 Å². The number of hydrogen-bond donors (Lipinski definition) is 1. The summed E-state index contributed by atoms with van der Waals surface area (Å²) in [5.74, 6) is 1.03. The van der Waals surface area contributed by atoms with Gasteiger partial charge in [-0.2, -0.15) is 0 Å². The van der Waals surface area contributed by atoms with Gasteiger partial charge in [-0.1, -0.05) is 36.9 Å². The lowest BCUT2D eigenvalue weighted by Crippen LogP contribution is -2.49. The maximum absolute atomic E-state index is 13.0. The van der Waals surface area contributed by atoms with Crippen molar-refractivity contribution in [2.75, 3.05) is 36.4 Å². The Morgan fingerprint density at radius 3 is 2.47 bits per heavy atom. The number of hydrogen-bond acceptors (Lipinski definition) is 4. The van der Waals surface area contributed by atoms with Crippen molar-refractivity contribution in [1.82, 2.24) is 9.88 Å². The van der Waals surface area contributed by atoms with Crippen LogP contribution in [-0.2, 0) is 4.79 Å². The van der Waals surface area contributed by atoms with Gasteiger partial charge in [-0.3, -0.25) is 9.59 Å². The second kappa shape index (κ2) is 9.47. The van der Waals surface area contributed by atoms with Crippen LogP contribution >= 0.6 is 11.6 Å². The Kier molecular flexibility index (Phi) is 6.53. The molecule has 2 aliphatic rings. The van der Waals surface area contributed by atoms with Gasteiger partial charge in [0.25, 0.3) is 5.91 Å². The predicted molar refractivity (Wildman–Crippen MR) is 119 cm³/mol. The SMILES string of the molecule is O=C(Nc1cccc(C(=O)N2CCN(c3ccc(Cl)cn3)CC2)c1)C1CCCCC1. The minimum atomic E-state index is -0.00696. The summed E-state index contributed by atoms with van der Waals surface area (Å²) in [5, 5.41) is 3.62. The van der Waals surface area contributed by atoms with Gasteiger partial charge >= 0.3 is 0 Å². The first-order valence-corrected chi connectivity index (χ1v) is 11.0. The van der Waals surface area contributed by atoms with Gasteiger partial charge in [-0.25, -0.2) is 4.98 Å². The zero-order chi connectivity index (χ0) is 20.9. The lowest BCUT2D eigenvalue weighted by molar-refractivity contribution is -0.120. The van der Waals surface area contributed by atoms with Gasteiger partial charge in [0.15, 0.2) is 0 Å². The molecule has 1 saturated carbocycles. The zero-order valence-corrected chi connectivity index (χ0v) is 17.8. The molecule has 1 aliphatic heterocycles. The number of carbonyl (C=O) groups excluding carboxylic acids is 2. The molecule has 30 heavy (non-hydrogen) atoms.